The van der Waals surface area contributed by atoms with Crippen molar-refractivity contribution in [3.05, 3.63) is 36.9 Å². The molecule has 1 unspecified atom stereocenters. The number of hydrogen-bond donors (Lipinski definition) is 1. The molecule has 1 atom stereocenters. The molecule has 0 aliphatic heterocycles. The predicted molar refractivity (Wildman–Crippen MR) is 76.8 cm³/mol. The van der Waals surface area contributed by atoms with Crippen LogP contribution in [0.25, 0.3) is 0 Å². The molecule has 0 saturated heterocycles. The van der Waals surface area contributed by atoms with E-state index in [4.69, 9.17) is 4.74 Å². The minimum atomic E-state index is -4.41. The fraction of sp³-hybridized carbons (Fsp3) is 0.400. The molecule has 0 aromatic heterocycles. The summed E-state index contributed by atoms with van der Waals surface area (Å²) in [5, 5.41) is 2.56. The van der Waals surface area contributed by atoms with Crippen molar-refractivity contribution in [3.8, 4) is 5.75 Å². The van der Waals surface area contributed by atoms with E-state index < -0.39 is 24.8 Å². The van der Waals surface area contributed by atoms with Crippen LogP contribution in [-0.2, 0) is 9.53 Å². The SMILES string of the molecule is C=CCCOC(C)C(=O)Nc1cccc(OCC(F)(F)F)c1. The van der Waals surface area contributed by atoms with Gasteiger partial charge in [-0.1, -0.05) is 12.1 Å². The average Bonchev–Trinajstić information content (AvgIpc) is 2.45. The molecule has 122 valence electrons. The minimum absolute atomic E-state index is 0.0235. The van der Waals surface area contributed by atoms with Crippen LogP contribution in [0.2, 0.25) is 0 Å². The third-order valence-electron chi connectivity index (χ3n) is 2.56. The van der Waals surface area contributed by atoms with Crippen LogP contribution in [0.15, 0.2) is 36.9 Å². The molecule has 0 radical (unpaired) electrons. The van der Waals surface area contributed by atoms with Gasteiger partial charge in [0.05, 0.1) is 6.61 Å². The van der Waals surface area contributed by atoms with E-state index in [1.165, 1.54) is 18.2 Å². The van der Waals surface area contributed by atoms with Gasteiger partial charge in [0.15, 0.2) is 6.61 Å². The number of carbonyl (C=O) groups is 1. The number of rotatable bonds is 8. The van der Waals surface area contributed by atoms with Gasteiger partial charge in [-0.05, 0) is 25.5 Å². The molecule has 7 heteroatoms. The minimum Gasteiger partial charge on any atom is -0.484 e. The first-order chi connectivity index (χ1) is 10.3. The van der Waals surface area contributed by atoms with E-state index in [1.807, 2.05) is 0 Å². The highest BCUT2D eigenvalue weighted by atomic mass is 19.4. The lowest BCUT2D eigenvalue weighted by molar-refractivity contribution is -0.153. The van der Waals surface area contributed by atoms with E-state index in [-0.39, 0.29) is 5.75 Å². The first-order valence-electron chi connectivity index (χ1n) is 6.65. The second kappa shape index (κ2) is 8.43. The lowest BCUT2D eigenvalue weighted by Crippen LogP contribution is -2.28. The Labute approximate surface area is 126 Å². The zero-order chi connectivity index (χ0) is 16.6. The molecule has 1 N–H and O–H groups in total. The predicted octanol–water partition coefficient (Wildman–Crippen LogP) is 3.55. The van der Waals surface area contributed by atoms with Gasteiger partial charge >= 0.3 is 6.18 Å². The average molecular weight is 317 g/mol. The lowest BCUT2D eigenvalue weighted by Gasteiger charge is -2.14. The number of anilines is 1. The molecule has 0 aliphatic rings. The number of alkyl halides is 3. The van der Waals surface area contributed by atoms with Gasteiger partial charge in [0, 0.05) is 11.8 Å². The first kappa shape index (κ1) is 18.0. The molecule has 4 nitrogen and oxygen atoms in total. The quantitative estimate of drug-likeness (QED) is 0.589. The number of halogens is 3. The second-order valence-electron chi connectivity index (χ2n) is 4.51. The Balaban J connectivity index is 2.54. The molecule has 0 aliphatic carbocycles. The summed E-state index contributed by atoms with van der Waals surface area (Å²) in [6, 6.07) is 5.74. The number of ether oxygens (including phenoxy) is 2. The Bertz CT molecular complexity index is 503. The first-order valence-corrected chi connectivity index (χ1v) is 6.65. The summed E-state index contributed by atoms with van der Waals surface area (Å²) in [5.41, 5.74) is 0.337. The molecule has 1 aromatic carbocycles. The highest BCUT2D eigenvalue weighted by Crippen LogP contribution is 2.21. The third-order valence-corrected chi connectivity index (χ3v) is 2.56. The lowest BCUT2D eigenvalue weighted by atomic mass is 10.2. The van der Waals surface area contributed by atoms with Crippen molar-refractivity contribution in [1.29, 1.82) is 0 Å². The van der Waals surface area contributed by atoms with Crippen molar-refractivity contribution >= 4 is 11.6 Å². The van der Waals surface area contributed by atoms with Gasteiger partial charge in [-0.2, -0.15) is 13.2 Å². The van der Waals surface area contributed by atoms with Crippen molar-refractivity contribution < 1.29 is 27.4 Å². The summed E-state index contributed by atoms with van der Waals surface area (Å²) in [4.78, 5) is 11.9. The third kappa shape index (κ3) is 7.12. The monoisotopic (exact) mass is 317 g/mol. The maximum atomic E-state index is 12.1. The maximum Gasteiger partial charge on any atom is 0.422 e. The molecule has 0 heterocycles. The number of hydrogen-bond acceptors (Lipinski definition) is 3. The van der Waals surface area contributed by atoms with Gasteiger partial charge in [-0.15, -0.1) is 6.58 Å². The molecule has 22 heavy (non-hydrogen) atoms. The van der Waals surface area contributed by atoms with Gasteiger partial charge in [0.25, 0.3) is 5.91 Å². The number of carbonyl (C=O) groups excluding carboxylic acids is 1. The molecule has 0 spiro atoms. The molecule has 1 amide bonds. The molecular formula is C15H18F3NO3. The highest BCUT2D eigenvalue weighted by molar-refractivity contribution is 5.94. The summed E-state index contributed by atoms with van der Waals surface area (Å²) in [5.74, 6) is -0.368. The van der Waals surface area contributed by atoms with E-state index in [0.29, 0.717) is 18.7 Å². The summed E-state index contributed by atoms with van der Waals surface area (Å²) in [7, 11) is 0. The van der Waals surface area contributed by atoms with Crippen LogP contribution in [0, 0.1) is 0 Å². The summed E-state index contributed by atoms with van der Waals surface area (Å²) < 4.78 is 46.2. The van der Waals surface area contributed by atoms with Crippen LogP contribution in [-0.4, -0.2) is 31.4 Å². The van der Waals surface area contributed by atoms with E-state index in [9.17, 15) is 18.0 Å². The zero-order valence-electron chi connectivity index (χ0n) is 12.2. The van der Waals surface area contributed by atoms with Crippen molar-refractivity contribution in [2.24, 2.45) is 0 Å². The molecule has 0 saturated carbocycles. The van der Waals surface area contributed by atoms with Gasteiger partial charge in [0.2, 0.25) is 0 Å². The van der Waals surface area contributed by atoms with Crippen LogP contribution < -0.4 is 10.1 Å². The van der Waals surface area contributed by atoms with Crippen molar-refractivity contribution in [2.45, 2.75) is 25.6 Å². The van der Waals surface area contributed by atoms with Gasteiger partial charge in [0.1, 0.15) is 11.9 Å². The number of benzene rings is 1. The van der Waals surface area contributed by atoms with Crippen LogP contribution in [0.5, 0.6) is 5.75 Å². The van der Waals surface area contributed by atoms with E-state index in [0.717, 1.165) is 0 Å². The molecular weight excluding hydrogens is 299 g/mol. The fourth-order valence-corrected chi connectivity index (χ4v) is 1.48. The number of nitrogens with one attached hydrogen (secondary N) is 1. The Morgan fingerprint density at radius 3 is 2.82 bits per heavy atom. The summed E-state index contributed by atoms with van der Waals surface area (Å²) >= 11 is 0. The van der Waals surface area contributed by atoms with Gasteiger partial charge < -0.3 is 14.8 Å². The zero-order valence-corrected chi connectivity index (χ0v) is 12.2. The van der Waals surface area contributed by atoms with Crippen LogP contribution in [0.1, 0.15) is 13.3 Å². The molecule has 1 aromatic rings. The fourth-order valence-electron chi connectivity index (χ4n) is 1.48. The summed E-state index contributed by atoms with van der Waals surface area (Å²) in [6.07, 6.45) is -2.79. The Hall–Kier alpha value is -2.02. The molecule has 0 fully saturated rings. The smallest absolute Gasteiger partial charge is 0.422 e. The van der Waals surface area contributed by atoms with Crippen LogP contribution in [0.4, 0.5) is 18.9 Å². The molecule has 0 bridgehead atoms. The largest absolute Gasteiger partial charge is 0.484 e. The Morgan fingerprint density at radius 2 is 2.18 bits per heavy atom. The van der Waals surface area contributed by atoms with E-state index in [2.05, 4.69) is 16.6 Å². The van der Waals surface area contributed by atoms with E-state index >= 15 is 0 Å². The Morgan fingerprint density at radius 1 is 1.45 bits per heavy atom. The molecule has 1 rings (SSSR count). The van der Waals surface area contributed by atoms with Crippen molar-refractivity contribution in [1.82, 2.24) is 0 Å². The van der Waals surface area contributed by atoms with Crippen LogP contribution >= 0.6 is 0 Å². The topological polar surface area (TPSA) is 47.6 Å². The standard InChI is InChI=1S/C15H18F3NO3/c1-3-4-8-21-11(2)14(20)19-12-6-5-7-13(9-12)22-10-15(16,17)18/h3,5-7,9,11H,1,4,8,10H2,2H3,(H,19,20). The van der Waals surface area contributed by atoms with Gasteiger partial charge in [-0.3, -0.25) is 4.79 Å². The van der Waals surface area contributed by atoms with E-state index in [1.54, 1.807) is 19.1 Å². The normalized spacial score (nSPS) is 12.5. The highest BCUT2D eigenvalue weighted by Gasteiger charge is 2.28. The van der Waals surface area contributed by atoms with Crippen molar-refractivity contribution in [3.63, 3.8) is 0 Å². The maximum absolute atomic E-state index is 12.1. The van der Waals surface area contributed by atoms with Crippen molar-refractivity contribution in [2.75, 3.05) is 18.5 Å². The Kier molecular flexibility index (Phi) is 6.91. The summed E-state index contributed by atoms with van der Waals surface area (Å²) in [6.45, 7) is 4.11. The second-order valence-corrected chi connectivity index (χ2v) is 4.51. The van der Waals surface area contributed by atoms with Gasteiger partial charge in [-0.25, -0.2) is 0 Å². The van der Waals surface area contributed by atoms with Crippen LogP contribution in [0.3, 0.4) is 0 Å². The number of amides is 1.